The first-order valence-corrected chi connectivity index (χ1v) is 7.03. The van der Waals surface area contributed by atoms with Crippen LogP contribution in [-0.2, 0) is 4.74 Å². The molecule has 17 heavy (non-hydrogen) atoms. The van der Waals surface area contributed by atoms with E-state index in [-0.39, 0.29) is 6.09 Å². The second-order valence-electron chi connectivity index (χ2n) is 5.65. The van der Waals surface area contributed by atoms with Gasteiger partial charge < -0.3 is 9.64 Å². The van der Waals surface area contributed by atoms with Gasteiger partial charge in [0.25, 0.3) is 0 Å². The van der Waals surface area contributed by atoms with E-state index in [4.69, 9.17) is 16.3 Å². The zero-order valence-electron chi connectivity index (χ0n) is 11.2. The molecule has 0 heterocycles. The Morgan fingerprint density at radius 1 is 1.29 bits per heavy atom. The molecule has 0 bridgehead atoms. The van der Waals surface area contributed by atoms with Gasteiger partial charge in [0.15, 0.2) is 0 Å². The van der Waals surface area contributed by atoms with Gasteiger partial charge in [0.05, 0.1) is 0 Å². The number of alkyl halides is 1. The summed E-state index contributed by atoms with van der Waals surface area (Å²) >= 11 is 5.78. The molecule has 4 heteroatoms. The molecule has 1 amide bonds. The van der Waals surface area contributed by atoms with Crippen molar-refractivity contribution in [2.45, 2.75) is 64.5 Å². The molecule has 0 aliphatic heterocycles. The average molecular weight is 262 g/mol. The third kappa shape index (κ3) is 5.15. The molecule has 1 aliphatic carbocycles. The molecule has 1 rings (SSSR count). The monoisotopic (exact) mass is 261 g/mol. The summed E-state index contributed by atoms with van der Waals surface area (Å²) in [6.07, 6.45) is 5.62. The Morgan fingerprint density at radius 2 is 1.88 bits per heavy atom. The third-order valence-corrected chi connectivity index (χ3v) is 3.14. The topological polar surface area (TPSA) is 29.5 Å². The van der Waals surface area contributed by atoms with Gasteiger partial charge in [-0.05, 0) is 33.6 Å². The molecule has 0 aromatic rings. The normalized spacial score (nSPS) is 17.9. The Labute approximate surface area is 109 Å². The molecule has 3 nitrogen and oxygen atoms in total. The molecular formula is C13H24ClNO2. The van der Waals surface area contributed by atoms with Crippen molar-refractivity contribution in [1.29, 1.82) is 0 Å². The molecule has 0 aromatic heterocycles. The zero-order valence-corrected chi connectivity index (χ0v) is 11.9. The number of hydrogen-bond donors (Lipinski definition) is 0. The van der Waals surface area contributed by atoms with Crippen LogP contribution in [0.1, 0.15) is 52.9 Å². The maximum absolute atomic E-state index is 12.1. The summed E-state index contributed by atoms with van der Waals surface area (Å²) in [7, 11) is 0. The fraction of sp³-hybridized carbons (Fsp3) is 0.923. The van der Waals surface area contributed by atoms with Crippen LogP contribution in [0.3, 0.4) is 0 Å². The van der Waals surface area contributed by atoms with Gasteiger partial charge in [-0.2, -0.15) is 0 Å². The minimum atomic E-state index is -0.434. The molecule has 0 saturated heterocycles. The lowest BCUT2D eigenvalue weighted by atomic mass is 9.94. The highest BCUT2D eigenvalue weighted by Crippen LogP contribution is 2.24. The van der Waals surface area contributed by atoms with Crippen LogP contribution in [0.4, 0.5) is 4.79 Å². The van der Waals surface area contributed by atoms with Crippen molar-refractivity contribution in [2.24, 2.45) is 0 Å². The highest BCUT2D eigenvalue weighted by Gasteiger charge is 2.28. The fourth-order valence-corrected chi connectivity index (χ4v) is 2.41. The van der Waals surface area contributed by atoms with Crippen molar-refractivity contribution < 1.29 is 9.53 Å². The molecule has 1 aliphatic rings. The second kappa shape index (κ2) is 6.48. The maximum atomic E-state index is 12.1. The summed E-state index contributed by atoms with van der Waals surface area (Å²) in [5.74, 6) is 0.468. The average Bonchev–Trinajstić information content (AvgIpc) is 2.24. The predicted molar refractivity (Wildman–Crippen MR) is 70.5 cm³/mol. The quantitative estimate of drug-likeness (QED) is 0.724. The van der Waals surface area contributed by atoms with Gasteiger partial charge in [0.2, 0.25) is 0 Å². The van der Waals surface area contributed by atoms with Gasteiger partial charge in [-0.15, -0.1) is 11.6 Å². The summed E-state index contributed by atoms with van der Waals surface area (Å²) < 4.78 is 5.43. The maximum Gasteiger partial charge on any atom is 0.410 e. The smallest absolute Gasteiger partial charge is 0.410 e. The number of halogens is 1. The Kier molecular flexibility index (Phi) is 5.57. The number of carbonyl (C=O) groups is 1. The van der Waals surface area contributed by atoms with E-state index in [2.05, 4.69) is 0 Å². The van der Waals surface area contributed by atoms with Gasteiger partial charge >= 0.3 is 6.09 Å². The minimum absolute atomic E-state index is 0.218. The van der Waals surface area contributed by atoms with Gasteiger partial charge in [-0.3, -0.25) is 0 Å². The number of carbonyl (C=O) groups excluding carboxylic acids is 1. The first kappa shape index (κ1) is 14.6. The second-order valence-corrected chi connectivity index (χ2v) is 6.03. The Balaban J connectivity index is 2.60. The van der Waals surface area contributed by atoms with Gasteiger partial charge in [0.1, 0.15) is 5.60 Å². The van der Waals surface area contributed by atoms with E-state index in [0.717, 1.165) is 12.8 Å². The van der Waals surface area contributed by atoms with E-state index >= 15 is 0 Å². The number of nitrogens with zero attached hydrogens (tertiary/aromatic N) is 1. The Hall–Kier alpha value is -0.440. The molecule has 0 atom stereocenters. The predicted octanol–water partition coefficient (Wildman–Crippen LogP) is 3.80. The molecule has 1 fully saturated rings. The summed E-state index contributed by atoms with van der Waals surface area (Å²) in [6, 6.07) is 0.317. The van der Waals surface area contributed by atoms with Crippen molar-refractivity contribution in [3.8, 4) is 0 Å². The van der Waals surface area contributed by atoms with Crippen molar-refractivity contribution in [1.82, 2.24) is 4.90 Å². The van der Waals surface area contributed by atoms with E-state index in [9.17, 15) is 4.79 Å². The molecule has 0 spiro atoms. The minimum Gasteiger partial charge on any atom is -0.444 e. The summed E-state index contributed by atoms with van der Waals surface area (Å²) in [5, 5.41) is 0. The molecule has 100 valence electrons. The van der Waals surface area contributed by atoms with Gasteiger partial charge in [-0.1, -0.05) is 19.3 Å². The van der Waals surface area contributed by atoms with Gasteiger partial charge in [-0.25, -0.2) is 4.79 Å². The van der Waals surface area contributed by atoms with Gasteiger partial charge in [0, 0.05) is 18.5 Å². The SMILES string of the molecule is CC(C)(C)OC(=O)N(CCCl)C1CCCCC1. The van der Waals surface area contributed by atoms with Crippen molar-refractivity contribution in [3.63, 3.8) is 0 Å². The molecule has 0 radical (unpaired) electrons. The lowest BCUT2D eigenvalue weighted by Gasteiger charge is -2.35. The lowest BCUT2D eigenvalue weighted by molar-refractivity contribution is 0.0137. The first-order valence-electron chi connectivity index (χ1n) is 6.49. The third-order valence-electron chi connectivity index (χ3n) is 2.97. The van der Waals surface area contributed by atoms with Crippen LogP contribution in [0.25, 0.3) is 0 Å². The largest absolute Gasteiger partial charge is 0.444 e. The number of hydrogen-bond acceptors (Lipinski definition) is 2. The standard InChI is InChI=1S/C13H24ClNO2/c1-13(2,3)17-12(16)15(10-9-14)11-7-5-4-6-8-11/h11H,4-10H2,1-3H3. The molecule has 0 unspecified atom stereocenters. The summed E-state index contributed by atoms with van der Waals surface area (Å²) in [5.41, 5.74) is -0.434. The van der Waals surface area contributed by atoms with E-state index in [0.29, 0.717) is 18.5 Å². The van der Waals surface area contributed by atoms with E-state index in [1.165, 1.54) is 19.3 Å². The lowest BCUT2D eigenvalue weighted by Crippen LogP contribution is -2.45. The van der Waals surface area contributed by atoms with Crippen molar-refractivity contribution in [2.75, 3.05) is 12.4 Å². The van der Waals surface area contributed by atoms with E-state index < -0.39 is 5.60 Å². The van der Waals surface area contributed by atoms with Crippen LogP contribution < -0.4 is 0 Å². The number of ether oxygens (including phenoxy) is 1. The van der Waals surface area contributed by atoms with Crippen molar-refractivity contribution in [3.05, 3.63) is 0 Å². The molecule has 1 saturated carbocycles. The van der Waals surface area contributed by atoms with Crippen LogP contribution in [-0.4, -0.2) is 35.1 Å². The highest BCUT2D eigenvalue weighted by atomic mass is 35.5. The van der Waals surface area contributed by atoms with Crippen LogP contribution in [0.15, 0.2) is 0 Å². The molecule has 0 N–H and O–H groups in total. The van der Waals surface area contributed by atoms with Crippen LogP contribution in [0, 0.1) is 0 Å². The Bertz CT molecular complexity index is 244. The number of rotatable bonds is 3. The van der Waals surface area contributed by atoms with Crippen LogP contribution in [0.2, 0.25) is 0 Å². The summed E-state index contributed by atoms with van der Waals surface area (Å²) in [4.78, 5) is 13.9. The molecule has 0 aromatic carbocycles. The highest BCUT2D eigenvalue weighted by molar-refractivity contribution is 6.18. The van der Waals surface area contributed by atoms with Crippen LogP contribution >= 0.6 is 11.6 Å². The van der Waals surface area contributed by atoms with E-state index in [1.807, 2.05) is 25.7 Å². The Morgan fingerprint density at radius 3 is 2.35 bits per heavy atom. The van der Waals surface area contributed by atoms with E-state index in [1.54, 1.807) is 0 Å². The fourth-order valence-electron chi connectivity index (χ4n) is 2.23. The molecular weight excluding hydrogens is 238 g/mol. The summed E-state index contributed by atoms with van der Waals surface area (Å²) in [6.45, 7) is 6.26. The zero-order chi connectivity index (χ0) is 12.9. The first-order chi connectivity index (χ1) is 7.94. The number of amides is 1. The van der Waals surface area contributed by atoms with Crippen molar-refractivity contribution >= 4 is 17.7 Å². The van der Waals surface area contributed by atoms with Crippen LogP contribution in [0.5, 0.6) is 0 Å².